The summed E-state index contributed by atoms with van der Waals surface area (Å²) in [4.78, 5) is 0. The highest BCUT2D eigenvalue weighted by Gasteiger charge is 2.42. The molecule has 2 rings (SSSR count). The van der Waals surface area contributed by atoms with Gasteiger partial charge < -0.3 is 9.84 Å². The van der Waals surface area contributed by atoms with E-state index in [0.717, 1.165) is 12.8 Å². The molecule has 1 aromatic carbocycles. The first-order chi connectivity index (χ1) is 6.65. The Kier molecular flexibility index (Phi) is 2.19. The molecule has 0 heterocycles. The van der Waals surface area contributed by atoms with E-state index < -0.39 is 11.4 Å². The topological polar surface area (TPSA) is 29.5 Å². The van der Waals surface area contributed by atoms with Crippen LogP contribution in [0.4, 0.5) is 4.39 Å². The molecule has 1 aliphatic carbocycles. The Labute approximate surface area is 82.3 Å². The van der Waals surface area contributed by atoms with Crippen molar-refractivity contribution in [2.75, 3.05) is 6.61 Å². The molecule has 0 atom stereocenters. The van der Waals surface area contributed by atoms with E-state index >= 15 is 0 Å². The van der Waals surface area contributed by atoms with Crippen molar-refractivity contribution in [2.45, 2.75) is 25.4 Å². The van der Waals surface area contributed by atoms with Gasteiger partial charge in [0.1, 0.15) is 0 Å². The maximum atomic E-state index is 13.4. The molecule has 76 valence electrons. The average Bonchev–Trinajstić information content (AvgIpc) is 2.89. The van der Waals surface area contributed by atoms with E-state index in [1.54, 1.807) is 12.1 Å². The van der Waals surface area contributed by atoms with Gasteiger partial charge in [-0.3, -0.25) is 0 Å². The molecular formula is C11H13FO2. The van der Waals surface area contributed by atoms with Gasteiger partial charge in [-0.15, -0.1) is 0 Å². The molecule has 0 aliphatic heterocycles. The van der Waals surface area contributed by atoms with Gasteiger partial charge in [0.15, 0.2) is 11.6 Å². The molecule has 0 bridgehead atoms. The van der Waals surface area contributed by atoms with E-state index in [-0.39, 0.29) is 5.75 Å². The average molecular weight is 196 g/mol. The van der Waals surface area contributed by atoms with Crippen LogP contribution in [-0.2, 0) is 5.60 Å². The number of halogens is 1. The fraction of sp³-hybridized carbons (Fsp3) is 0.455. The van der Waals surface area contributed by atoms with Gasteiger partial charge in [0.25, 0.3) is 0 Å². The van der Waals surface area contributed by atoms with Crippen LogP contribution in [0.25, 0.3) is 0 Å². The summed E-state index contributed by atoms with van der Waals surface area (Å²) in [7, 11) is 0. The van der Waals surface area contributed by atoms with Crippen LogP contribution < -0.4 is 4.74 Å². The Hall–Kier alpha value is -1.09. The lowest BCUT2D eigenvalue weighted by Crippen LogP contribution is -2.05. The summed E-state index contributed by atoms with van der Waals surface area (Å²) >= 11 is 0. The quantitative estimate of drug-likeness (QED) is 0.803. The van der Waals surface area contributed by atoms with Gasteiger partial charge in [-0.25, -0.2) is 4.39 Å². The summed E-state index contributed by atoms with van der Waals surface area (Å²) in [5.41, 5.74) is -0.121. The van der Waals surface area contributed by atoms with Gasteiger partial charge in [-0.05, 0) is 37.5 Å². The summed E-state index contributed by atoms with van der Waals surface area (Å²) in [5.74, 6) is -0.148. The monoisotopic (exact) mass is 196 g/mol. The Bertz CT molecular complexity index is 345. The zero-order valence-corrected chi connectivity index (χ0v) is 8.09. The van der Waals surface area contributed by atoms with Crippen molar-refractivity contribution in [1.82, 2.24) is 0 Å². The van der Waals surface area contributed by atoms with Crippen LogP contribution >= 0.6 is 0 Å². The normalized spacial score (nSPS) is 17.9. The van der Waals surface area contributed by atoms with Crippen molar-refractivity contribution in [3.63, 3.8) is 0 Å². The van der Waals surface area contributed by atoms with E-state index in [2.05, 4.69) is 0 Å². The Morgan fingerprint density at radius 3 is 2.71 bits per heavy atom. The molecule has 1 aliphatic rings. The lowest BCUT2D eigenvalue weighted by atomic mass is 10.1. The summed E-state index contributed by atoms with van der Waals surface area (Å²) in [6.07, 6.45) is 1.45. The predicted octanol–water partition coefficient (Wildman–Crippen LogP) is 2.21. The maximum Gasteiger partial charge on any atom is 0.165 e. The number of hydrogen-bond donors (Lipinski definition) is 1. The number of hydrogen-bond acceptors (Lipinski definition) is 2. The van der Waals surface area contributed by atoms with Crippen molar-refractivity contribution in [3.05, 3.63) is 29.6 Å². The predicted molar refractivity (Wildman–Crippen MR) is 50.7 cm³/mol. The van der Waals surface area contributed by atoms with Crippen LogP contribution in [0.1, 0.15) is 25.3 Å². The lowest BCUT2D eigenvalue weighted by molar-refractivity contribution is 0.151. The second-order valence-electron chi connectivity index (χ2n) is 3.61. The second-order valence-corrected chi connectivity index (χ2v) is 3.61. The molecule has 2 nitrogen and oxygen atoms in total. The largest absolute Gasteiger partial charge is 0.491 e. The third-order valence-corrected chi connectivity index (χ3v) is 2.49. The SMILES string of the molecule is CCOc1ccc(C2(O)CC2)cc1F. The minimum absolute atomic E-state index is 0.250. The number of ether oxygens (including phenoxy) is 1. The smallest absolute Gasteiger partial charge is 0.165 e. The van der Waals surface area contributed by atoms with Crippen molar-refractivity contribution in [1.29, 1.82) is 0 Å². The molecule has 0 radical (unpaired) electrons. The number of benzene rings is 1. The first-order valence-electron chi connectivity index (χ1n) is 4.81. The van der Waals surface area contributed by atoms with Gasteiger partial charge in [0.05, 0.1) is 12.2 Å². The van der Waals surface area contributed by atoms with Crippen LogP contribution in [0.2, 0.25) is 0 Å². The van der Waals surface area contributed by atoms with Crippen molar-refractivity contribution in [3.8, 4) is 5.75 Å². The highest BCUT2D eigenvalue weighted by molar-refractivity contribution is 5.34. The van der Waals surface area contributed by atoms with Gasteiger partial charge in [0.2, 0.25) is 0 Å². The molecule has 1 N–H and O–H groups in total. The third kappa shape index (κ3) is 1.60. The van der Waals surface area contributed by atoms with Crippen LogP contribution in [-0.4, -0.2) is 11.7 Å². The first-order valence-corrected chi connectivity index (χ1v) is 4.81. The fourth-order valence-corrected chi connectivity index (χ4v) is 1.47. The molecule has 0 unspecified atom stereocenters. The Balaban J connectivity index is 2.26. The Morgan fingerprint density at radius 2 is 2.21 bits per heavy atom. The standard InChI is InChI=1S/C11H13FO2/c1-2-14-10-4-3-8(7-9(10)12)11(13)5-6-11/h3-4,7,13H,2,5-6H2,1H3. The van der Waals surface area contributed by atoms with E-state index in [1.165, 1.54) is 6.07 Å². The van der Waals surface area contributed by atoms with Crippen molar-refractivity contribution in [2.24, 2.45) is 0 Å². The molecule has 1 aromatic rings. The van der Waals surface area contributed by atoms with Crippen LogP contribution in [0, 0.1) is 5.82 Å². The van der Waals surface area contributed by atoms with Crippen LogP contribution in [0.3, 0.4) is 0 Å². The summed E-state index contributed by atoms with van der Waals surface area (Å²) in [5, 5.41) is 9.74. The molecule has 1 fully saturated rings. The summed E-state index contributed by atoms with van der Waals surface area (Å²) in [6, 6.07) is 4.66. The lowest BCUT2D eigenvalue weighted by Gasteiger charge is -2.10. The molecule has 0 saturated heterocycles. The minimum Gasteiger partial charge on any atom is -0.491 e. The molecule has 1 saturated carbocycles. The minimum atomic E-state index is -0.772. The van der Waals surface area contributed by atoms with Crippen molar-refractivity contribution < 1.29 is 14.2 Å². The summed E-state index contributed by atoms with van der Waals surface area (Å²) < 4.78 is 18.4. The van der Waals surface area contributed by atoms with Crippen LogP contribution in [0.5, 0.6) is 5.75 Å². The zero-order chi connectivity index (χ0) is 10.2. The van der Waals surface area contributed by atoms with Gasteiger partial charge in [-0.2, -0.15) is 0 Å². The Morgan fingerprint density at radius 1 is 1.50 bits per heavy atom. The van der Waals surface area contributed by atoms with E-state index in [1.807, 2.05) is 6.92 Å². The van der Waals surface area contributed by atoms with Crippen LogP contribution in [0.15, 0.2) is 18.2 Å². The number of aliphatic hydroxyl groups is 1. The zero-order valence-electron chi connectivity index (χ0n) is 8.09. The van der Waals surface area contributed by atoms with Crippen molar-refractivity contribution >= 4 is 0 Å². The van der Waals surface area contributed by atoms with Gasteiger partial charge in [-0.1, -0.05) is 6.07 Å². The fourth-order valence-electron chi connectivity index (χ4n) is 1.47. The molecule has 0 aromatic heterocycles. The number of rotatable bonds is 3. The highest BCUT2D eigenvalue weighted by Crippen LogP contribution is 2.45. The van der Waals surface area contributed by atoms with E-state index in [9.17, 15) is 9.50 Å². The molecule has 0 amide bonds. The third-order valence-electron chi connectivity index (χ3n) is 2.49. The molecule has 0 spiro atoms. The van der Waals surface area contributed by atoms with Gasteiger partial charge >= 0.3 is 0 Å². The van der Waals surface area contributed by atoms with E-state index in [4.69, 9.17) is 4.74 Å². The van der Waals surface area contributed by atoms with Gasteiger partial charge in [0, 0.05) is 0 Å². The molecular weight excluding hydrogens is 183 g/mol. The maximum absolute atomic E-state index is 13.4. The first kappa shape index (κ1) is 9.46. The van der Waals surface area contributed by atoms with E-state index in [0.29, 0.717) is 12.2 Å². The summed E-state index contributed by atoms with van der Waals surface area (Å²) in [6.45, 7) is 2.25. The molecule has 3 heteroatoms. The second kappa shape index (κ2) is 3.24. The molecule has 14 heavy (non-hydrogen) atoms. The highest BCUT2D eigenvalue weighted by atomic mass is 19.1.